The molecule has 96 valence electrons. The molecule has 0 saturated heterocycles. The third-order valence-corrected chi connectivity index (χ3v) is 2.88. The summed E-state index contributed by atoms with van der Waals surface area (Å²) in [6.45, 7) is 8.73. The molecule has 1 rings (SSSR count). The molecule has 0 aliphatic rings. The SMILES string of the molecule is CNc1ncnc(NC(C)CCC(C)C)c1C. The number of aromatic nitrogens is 2. The Morgan fingerprint density at radius 3 is 2.35 bits per heavy atom. The van der Waals surface area contributed by atoms with Crippen LogP contribution in [0.2, 0.25) is 0 Å². The lowest BCUT2D eigenvalue weighted by Crippen LogP contribution is -2.18. The van der Waals surface area contributed by atoms with E-state index >= 15 is 0 Å². The van der Waals surface area contributed by atoms with Crippen LogP contribution in [0.1, 0.15) is 39.2 Å². The summed E-state index contributed by atoms with van der Waals surface area (Å²) in [5.41, 5.74) is 1.08. The Balaban J connectivity index is 2.62. The van der Waals surface area contributed by atoms with Crippen LogP contribution in [-0.4, -0.2) is 23.1 Å². The van der Waals surface area contributed by atoms with Crippen LogP contribution in [0.4, 0.5) is 11.6 Å². The summed E-state index contributed by atoms with van der Waals surface area (Å²) >= 11 is 0. The maximum Gasteiger partial charge on any atom is 0.134 e. The molecule has 0 aliphatic heterocycles. The van der Waals surface area contributed by atoms with E-state index in [9.17, 15) is 0 Å². The van der Waals surface area contributed by atoms with Gasteiger partial charge in [-0.3, -0.25) is 0 Å². The lowest BCUT2D eigenvalue weighted by atomic mass is 10.0. The fourth-order valence-electron chi connectivity index (χ4n) is 1.74. The van der Waals surface area contributed by atoms with Gasteiger partial charge in [-0.2, -0.15) is 0 Å². The van der Waals surface area contributed by atoms with Crippen molar-refractivity contribution in [2.45, 2.75) is 46.6 Å². The molecule has 0 radical (unpaired) electrons. The fraction of sp³-hybridized carbons (Fsp3) is 0.692. The highest BCUT2D eigenvalue weighted by atomic mass is 15.1. The van der Waals surface area contributed by atoms with E-state index in [1.165, 1.54) is 6.42 Å². The summed E-state index contributed by atoms with van der Waals surface area (Å²) in [6, 6.07) is 0.440. The minimum atomic E-state index is 0.440. The summed E-state index contributed by atoms with van der Waals surface area (Å²) in [4.78, 5) is 8.47. The number of hydrogen-bond acceptors (Lipinski definition) is 4. The van der Waals surface area contributed by atoms with Crippen molar-refractivity contribution < 1.29 is 0 Å². The number of nitrogens with zero attached hydrogens (tertiary/aromatic N) is 2. The summed E-state index contributed by atoms with van der Waals surface area (Å²) in [7, 11) is 1.88. The predicted octanol–water partition coefficient (Wildman–Crippen LogP) is 3.06. The molecule has 1 aromatic heterocycles. The van der Waals surface area contributed by atoms with E-state index in [4.69, 9.17) is 0 Å². The zero-order valence-corrected chi connectivity index (χ0v) is 11.5. The second kappa shape index (κ2) is 6.42. The lowest BCUT2D eigenvalue weighted by Gasteiger charge is -2.17. The topological polar surface area (TPSA) is 49.8 Å². The molecular formula is C13H24N4. The van der Waals surface area contributed by atoms with Gasteiger partial charge in [-0.15, -0.1) is 0 Å². The zero-order valence-electron chi connectivity index (χ0n) is 11.5. The largest absolute Gasteiger partial charge is 0.373 e. The second-order valence-corrected chi connectivity index (χ2v) is 4.96. The van der Waals surface area contributed by atoms with Crippen molar-refractivity contribution in [2.24, 2.45) is 5.92 Å². The van der Waals surface area contributed by atoms with E-state index in [-0.39, 0.29) is 0 Å². The quantitative estimate of drug-likeness (QED) is 0.797. The summed E-state index contributed by atoms with van der Waals surface area (Å²) in [6.07, 6.45) is 3.99. The van der Waals surface area contributed by atoms with E-state index in [1.54, 1.807) is 6.33 Å². The van der Waals surface area contributed by atoms with Crippen molar-refractivity contribution in [3.8, 4) is 0 Å². The molecule has 1 atom stereocenters. The van der Waals surface area contributed by atoms with Gasteiger partial charge in [0.25, 0.3) is 0 Å². The van der Waals surface area contributed by atoms with E-state index in [0.717, 1.165) is 29.5 Å². The smallest absolute Gasteiger partial charge is 0.134 e. The highest BCUT2D eigenvalue weighted by Crippen LogP contribution is 2.19. The van der Waals surface area contributed by atoms with Crippen LogP contribution in [-0.2, 0) is 0 Å². The minimum absolute atomic E-state index is 0.440. The summed E-state index contributed by atoms with van der Waals surface area (Å²) in [5.74, 6) is 2.57. The molecule has 0 spiro atoms. The van der Waals surface area contributed by atoms with E-state index < -0.39 is 0 Å². The molecule has 0 saturated carbocycles. The van der Waals surface area contributed by atoms with Crippen molar-refractivity contribution in [3.05, 3.63) is 11.9 Å². The monoisotopic (exact) mass is 236 g/mol. The third-order valence-electron chi connectivity index (χ3n) is 2.88. The van der Waals surface area contributed by atoms with Crippen molar-refractivity contribution in [3.63, 3.8) is 0 Å². The van der Waals surface area contributed by atoms with Crippen LogP contribution in [0.15, 0.2) is 6.33 Å². The predicted molar refractivity (Wildman–Crippen MR) is 73.5 cm³/mol. The van der Waals surface area contributed by atoms with Crippen molar-refractivity contribution in [2.75, 3.05) is 17.7 Å². The lowest BCUT2D eigenvalue weighted by molar-refractivity contribution is 0.527. The van der Waals surface area contributed by atoms with Crippen LogP contribution in [0, 0.1) is 12.8 Å². The molecule has 4 heteroatoms. The van der Waals surface area contributed by atoms with E-state index in [0.29, 0.717) is 6.04 Å². The molecule has 0 aliphatic carbocycles. The minimum Gasteiger partial charge on any atom is -0.373 e. The average molecular weight is 236 g/mol. The van der Waals surface area contributed by atoms with E-state index in [2.05, 4.69) is 41.4 Å². The number of anilines is 2. The number of nitrogens with one attached hydrogen (secondary N) is 2. The summed E-state index contributed by atoms with van der Waals surface area (Å²) in [5, 5.41) is 6.52. The van der Waals surface area contributed by atoms with Gasteiger partial charge in [-0.25, -0.2) is 9.97 Å². The first-order chi connectivity index (χ1) is 8.04. The van der Waals surface area contributed by atoms with Crippen LogP contribution in [0.25, 0.3) is 0 Å². The molecule has 17 heavy (non-hydrogen) atoms. The molecule has 1 aromatic rings. The van der Waals surface area contributed by atoms with Gasteiger partial charge >= 0.3 is 0 Å². The van der Waals surface area contributed by atoms with Crippen LogP contribution >= 0.6 is 0 Å². The molecule has 0 amide bonds. The molecule has 4 nitrogen and oxygen atoms in total. The number of hydrogen-bond donors (Lipinski definition) is 2. The van der Waals surface area contributed by atoms with Crippen molar-refractivity contribution in [1.82, 2.24) is 9.97 Å². The maximum atomic E-state index is 4.29. The molecule has 0 fully saturated rings. The van der Waals surface area contributed by atoms with Gasteiger partial charge in [-0.1, -0.05) is 13.8 Å². The zero-order chi connectivity index (χ0) is 12.8. The molecule has 0 bridgehead atoms. The standard InChI is InChI=1S/C13H24N4/c1-9(2)6-7-10(3)17-13-11(4)12(14-5)15-8-16-13/h8-10H,6-7H2,1-5H3,(H2,14,15,16,17). The van der Waals surface area contributed by atoms with Gasteiger partial charge in [0.2, 0.25) is 0 Å². The first kappa shape index (κ1) is 13.7. The normalized spacial score (nSPS) is 12.6. The Labute approximate surface area is 104 Å². The number of rotatable bonds is 6. The highest BCUT2D eigenvalue weighted by Gasteiger charge is 2.09. The van der Waals surface area contributed by atoms with Gasteiger partial charge < -0.3 is 10.6 Å². The van der Waals surface area contributed by atoms with Crippen molar-refractivity contribution >= 4 is 11.6 Å². The van der Waals surface area contributed by atoms with Gasteiger partial charge in [0.1, 0.15) is 18.0 Å². The van der Waals surface area contributed by atoms with Crippen LogP contribution in [0.5, 0.6) is 0 Å². The Morgan fingerprint density at radius 2 is 1.76 bits per heavy atom. The van der Waals surface area contributed by atoms with E-state index in [1.807, 2.05) is 14.0 Å². The first-order valence-corrected chi connectivity index (χ1v) is 6.30. The average Bonchev–Trinajstić information content (AvgIpc) is 2.29. The Morgan fingerprint density at radius 1 is 1.12 bits per heavy atom. The summed E-state index contributed by atoms with van der Waals surface area (Å²) < 4.78 is 0. The molecule has 1 heterocycles. The Hall–Kier alpha value is -1.32. The molecular weight excluding hydrogens is 212 g/mol. The van der Waals surface area contributed by atoms with Crippen LogP contribution < -0.4 is 10.6 Å². The maximum absolute atomic E-state index is 4.29. The Kier molecular flexibility index (Phi) is 5.19. The second-order valence-electron chi connectivity index (χ2n) is 4.96. The van der Waals surface area contributed by atoms with Gasteiger partial charge in [0.05, 0.1) is 0 Å². The van der Waals surface area contributed by atoms with Gasteiger partial charge in [0.15, 0.2) is 0 Å². The van der Waals surface area contributed by atoms with Crippen molar-refractivity contribution in [1.29, 1.82) is 0 Å². The third kappa shape index (κ3) is 4.21. The van der Waals surface area contributed by atoms with Gasteiger partial charge in [0, 0.05) is 18.7 Å². The van der Waals surface area contributed by atoms with Crippen LogP contribution in [0.3, 0.4) is 0 Å². The molecule has 1 unspecified atom stereocenters. The molecule has 0 aromatic carbocycles. The van der Waals surface area contributed by atoms with Gasteiger partial charge in [-0.05, 0) is 32.6 Å². The fourth-order valence-corrected chi connectivity index (χ4v) is 1.74. The Bertz CT molecular complexity index is 349. The highest BCUT2D eigenvalue weighted by molar-refractivity contribution is 5.56. The molecule has 2 N–H and O–H groups in total. The first-order valence-electron chi connectivity index (χ1n) is 6.30.